The third-order valence-electron chi connectivity index (χ3n) is 4.71. The van der Waals surface area contributed by atoms with Crippen LogP contribution in [-0.4, -0.2) is 26.9 Å². The number of hydrogen-bond donors (Lipinski definition) is 2. The van der Waals surface area contributed by atoms with Gasteiger partial charge < -0.3 is 15.8 Å². The van der Waals surface area contributed by atoms with Crippen molar-refractivity contribution < 1.29 is 4.74 Å². The van der Waals surface area contributed by atoms with E-state index in [0.717, 1.165) is 22.8 Å². The van der Waals surface area contributed by atoms with Gasteiger partial charge >= 0.3 is 0 Å². The van der Waals surface area contributed by atoms with Crippen LogP contribution in [0.2, 0.25) is 0 Å². The zero-order valence-corrected chi connectivity index (χ0v) is 16.9. The molecule has 0 fully saturated rings. The molecule has 0 bridgehead atoms. The van der Waals surface area contributed by atoms with Crippen LogP contribution < -0.4 is 21.3 Å². The Bertz CT molecular complexity index is 1050. The molecule has 0 saturated heterocycles. The van der Waals surface area contributed by atoms with E-state index in [1.807, 2.05) is 33.8 Å². The van der Waals surface area contributed by atoms with Crippen LogP contribution in [-0.2, 0) is 5.54 Å². The fourth-order valence-electron chi connectivity index (χ4n) is 2.97. The van der Waals surface area contributed by atoms with Gasteiger partial charge in [0.05, 0.1) is 18.5 Å². The molecule has 0 aromatic carbocycles. The van der Waals surface area contributed by atoms with Crippen molar-refractivity contribution in [3.05, 3.63) is 46.5 Å². The van der Waals surface area contributed by atoms with Gasteiger partial charge in [0.25, 0.3) is 5.56 Å². The number of hydrogen-bond acceptors (Lipinski definition) is 7. The van der Waals surface area contributed by atoms with Crippen LogP contribution >= 0.6 is 0 Å². The highest BCUT2D eigenvalue weighted by Gasteiger charge is 2.20. The van der Waals surface area contributed by atoms with E-state index in [4.69, 9.17) is 10.5 Å². The topological polar surface area (TPSA) is 108 Å². The summed E-state index contributed by atoms with van der Waals surface area (Å²) in [6, 6.07) is 5.06. The quantitative estimate of drug-likeness (QED) is 0.674. The Labute approximate surface area is 163 Å². The van der Waals surface area contributed by atoms with Gasteiger partial charge in [0.1, 0.15) is 5.82 Å². The van der Waals surface area contributed by atoms with Gasteiger partial charge in [-0.1, -0.05) is 6.92 Å². The van der Waals surface area contributed by atoms with Crippen molar-refractivity contribution in [3.8, 4) is 5.88 Å². The van der Waals surface area contributed by atoms with E-state index in [1.54, 1.807) is 25.6 Å². The van der Waals surface area contributed by atoms with E-state index in [0.29, 0.717) is 17.5 Å². The molecule has 1 atom stereocenters. The molecule has 0 aliphatic carbocycles. The van der Waals surface area contributed by atoms with E-state index in [1.165, 1.54) is 10.7 Å². The maximum atomic E-state index is 12.0. The largest absolute Gasteiger partial charge is 0.481 e. The van der Waals surface area contributed by atoms with E-state index in [2.05, 4.69) is 20.4 Å². The van der Waals surface area contributed by atoms with Crippen LogP contribution in [0.15, 0.2) is 35.4 Å². The molecule has 3 N–H and O–H groups in total. The summed E-state index contributed by atoms with van der Waals surface area (Å²) in [6.07, 6.45) is 4.24. The van der Waals surface area contributed by atoms with Crippen molar-refractivity contribution in [2.45, 2.75) is 45.7 Å². The minimum absolute atomic E-state index is 0.0128. The summed E-state index contributed by atoms with van der Waals surface area (Å²) < 4.78 is 6.84. The summed E-state index contributed by atoms with van der Waals surface area (Å²) in [6.45, 7) is 7.82. The molecule has 0 spiro atoms. The van der Waals surface area contributed by atoms with Crippen LogP contribution in [0.5, 0.6) is 5.88 Å². The number of methoxy groups -OCH3 is 1. The Morgan fingerprint density at radius 2 is 1.96 bits per heavy atom. The predicted octanol–water partition coefficient (Wildman–Crippen LogP) is 3.10. The molecule has 8 nitrogen and oxygen atoms in total. The summed E-state index contributed by atoms with van der Waals surface area (Å²) in [5.74, 6) is 1.62. The zero-order chi connectivity index (χ0) is 20.5. The number of nitrogens with one attached hydrogen (secondary N) is 1. The third kappa shape index (κ3) is 3.82. The van der Waals surface area contributed by atoms with Crippen molar-refractivity contribution in [1.29, 1.82) is 0 Å². The number of aromatic nitrogens is 4. The molecule has 0 radical (unpaired) electrons. The van der Waals surface area contributed by atoms with E-state index in [9.17, 15) is 4.79 Å². The van der Waals surface area contributed by atoms with Gasteiger partial charge in [-0.15, -0.1) is 0 Å². The molecule has 28 heavy (non-hydrogen) atoms. The average molecular weight is 382 g/mol. The molecule has 0 amide bonds. The highest BCUT2D eigenvalue weighted by Crippen LogP contribution is 2.32. The Morgan fingerprint density at radius 1 is 1.21 bits per heavy atom. The molecule has 3 heterocycles. The molecular formula is C20H26N6O2. The van der Waals surface area contributed by atoms with Gasteiger partial charge in [0, 0.05) is 24.0 Å². The lowest BCUT2D eigenvalue weighted by molar-refractivity contribution is 0.402. The maximum Gasteiger partial charge on any atom is 0.267 e. The highest BCUT2D eigenvalue weighted by molar-refractivity contribution is 5.91. The van der Waals surface area contributed by atoms with Crippen LogP contribution in [0.1, 0.15) is 45.7 Å². The monoisotopic (exact) mass is 382 g/mol. The van der Waals surface area contributed by atoms with Crippen LogP contribution in [0.25, 0.3) is 10.8 Å². The highest BCUT2D eigenvalue weighted by atomic mass is 16.5. The van der Waals surface area contributed by atoms with Crippen molar-refractivity contribution in [2.24, 2.45) is 5.73 Å². The maximum absolute atomic E-state index is 12.0. The fourth-order valence-corrected chi connectivity index (χ4v) is 2.97. The molecule has 0 saturated carbocycles. The second-order valence-electron chi connectivity index (χ2n) is 7.40. The molecule has 0 aliphatic heterocycles. The Morgan fingerprint density at radius 3 is 2.61 bits per heavy atom. The fraction of sp³-hybridized carbons (Fsp3) is 0.400. The number of anilines is 2. The molecular weight excluding hydrogens is 356 g/mol. The van der Waals surface area contributed by atoms with Crippen molar-refractivity contribution >= 4 is 22.4 Å². The van der Waals surface area contributed by atoms with Gasteiger partial charge in [0.15, 0.2) is 5.82 Å². The Hall–Kier alpha value is -3.00. The predicted molar refractivity (Wildman–Crippen MR) is 110 cm³/mol. The van der Waals surface area contributed by atoms with Gasteiger partial charge in [-0.25, -0.2) is 14.6 Å². The van der Waals surface area contributed by atoms with E-state index in [-0.39, 0.29) is 11.6 Å². The average Bonchev–Trinajstić information content (AvgIpc) is 2.67. The Kier molecular flexibility index (Phi) is 5.33. The molecule has 0 aliphatic rings. The minimum Gasteiger partial charge on any atom is -0.481 e. The third-order valence-corrected chi connectivity index (χ3v) is 4.71. The first kappa shape index (κ1) is 19.8. The SMILES string of the molecule is CC[C@@H](C)n1nc(Nc2cc3c(C(C)(C)N)cnc(OC)c3cn2)ccc1=O. The molecule has 0 unspecified atom stereocenters. The molecule has 3 aromatic rings. The van der Waals surface area contributed by atoms with Gasteiger partial charge in [-0.3, -0.25) is 4.79 Å². The van der Waals surface area contributed by atoms with Crippen molar-refractivity contribution in [1.82, 2.24) is 19.7 Å². The summed E-state index contributed by atoms with van der Waals surface area (Å²) in [4.78, 5) is 20.8. The summed E-state index contributed by atoms with van der Waals surface area (Å²) in [7, 11) is 1.57. The van der Waals surface area contributed by atoms with E-state index < -0.39 is 5.54 Å². The number of rotatable bonds is 6. The van der Waals surface area contributed by atoms with E-state index >= 15 is 0 Å². The van der Waals surface area contributed by atoms with Gasteiger partial charge in [-0.05, 0) is 50.3 Å². The first-order valence-corrected chi connectivity index (χ1v) is 9.23. The second-order valence-corrected chi connectivity index (χ2v) is 7.40. The Balaban J connectivity index is 2.07. The number of nitrogens with two attached hydrogens (primary N) is 1. The van der Waals surface area contributed by atoms with Gasteiger partial charge in [0.2, 0.25) is 5.88 Å². The summed E-state index contributed by atoms with van der Waals surface area (Å²) >= 11 is 0. The smallest absolute Gasteiger partial charge is 0.267 e. The molecule has 8 heteroatoms. The van der Waals surface area contributed by atoms with Crippen molar-refractivity contribution in [2.75, 3.05) is 12.4 Å². The number of nitrogens with zero attached hydrogens (tertiary/aromatic N) is 4. The molecule has 3 aromatic heterocycles. The van der Waals surface area contributed by atoms with Crippen LogP contribution in [0, 0.1) is 0 Å². The number of fused-ring (bicyclic) bond motifs is 1. The lowest BCUT2D eigenvalue weighted by Gasteiger charge is -2.22. The zero-order valence-electron chi connectivity index (χ0n) is 16.9. The molecule has 148 valence electrons. The van der Waals surface area contributed by atoms with Crippen molar-refractivity contribution in [3.63, 3.8) is 0 Å². The summed E-state index contributed by atoms with van der Waals surface area (Å²) in [5, 5.41) is 9.26. The second kappa shape index (κ2) is 7.55. The molecule has 3 rings (SSSR count). The minimum atomic E-state index is -0.585. The first-order chi connectivity index (χ1) is 13.2. The standard InChI is InChI=1S/C20H26N6O2/c1-6-12(2)26-18(27)8-7-16(25-26)24-17-9-13-14(10-22-17)19(28-5)23-11-15(13)20(3,4)21/h7-12H,6,21H2,1-5H3,(H,22,24,25)/t12-/m1/s1. The number of ether oxygens (including phenoxy) is 1. The van der Waals surface area contributed by atoms with Crippen LogP contribution in [0.3, 0.4) is 0 Å². The first-order valence-electron chi connectivity index (χ1n) is 9.23. The van der Waals surface area contributed by atoms with Crippen LogP contribution in [0.4, 0.5) is 11.6 Å². The summed E-state index contributed by atoms with van der Waals surface area (Å²) in [5.41, 5.74) is 6.50. The lowest BCUT2D eigenvalue weighted by atomic mass is 9.93. The lowest BCUT2D eigenvalue weighted by Crippen LogP contribution is -2.29. The van der Waals surface area contributed by atoms with Gasteiger partial charge in [-0.2, -0.15) is 5.10 Å². The number of pyridine rings is 2. The normalized spacial score (nSPS) is 12.8.